The van der Waals surface area contributed by atoms with Crippen LogP contribution < -0.4 is 10.6 Å². The summed E-state index contributed by atoms with van der Waals surface area (Å²) in [6.45, 7) is 3.14. The number of nitrogens with two attached hydrogens (primary N) is 1. The van der Waals surface area contributed by atoms with Gasteiger partial charge < -0.3 is 10.6 Å². The maximum Gasteiger partial charge on any atom is 0.148 e. The predicted molar refractivity (Wildman–Crippen MR) is 72.7 cm³/mol. The third-order valence-corrected chi connectivity index (χ3v) is 3.09. The Kier molecular flexibility index (Phi) is 5.62. The summed E-state index contributed by atoms with van der Waals surface area (Å²) in [7, 11) is 0. The number of benzene rings is 1. The molecule has 1 aliphatic rings. The molecular formula is C12H18ClF2N3. The predicted octanol–water partition coefficient (Wildman–Crippen LogP) is 1.92. The molecule has 0 aromatic heterocycles. The van der Waals surface area contributed by atoms with Crippen molar-refractivity contribution in [1.82, 2.24) is 4.90 Å². The van der Waals surface area contributed by atoms with Gasteiger partial charge in [0.2, 0.25) is 0 Å². The summed E-state index contributed by atoms with van der Waals surface area (Å²) < 4.78 is 25.9. The highest BCUT2D eigenvalue weighted by molar-refractivity contribution is 5.85. The molecule has 0 radical (unpaired) electrons. The van der Waals surface area contributed by atoms with Crippen molar-refractivity contribution in [2.45, 2.75) is 0 Å². The van der Waals surface area contributed by atoms with E-state index in [2.05, 4.69) is 0 Å². The number of anilines is 2. The van der Waals surface area contributed by atoms with Crippen LogP contribution in [0.5, 0.6) is 0 Å². The summed E-state index contributed by atoms with van der Waals surface area (Å²) in [6.07, 6.45) is 0. The topological polar surface area (TPSA) is 32.5 Å². The number of halogens is 3. The number of piperazine rings is 1. The molecule has 0 amide bonds. The van der Waals surface area contributed by atoms with Crippen LogP contribution >= 0.6 is 12.4 Å². The van der Waals surface area contributed by atoms with Crippen LogP contribution in [-0.4, -0.2) is 44.3 Å². The molecule has 6 heteroatoms. The smallest absolute Gasteiger partial charge is 0.148 e. The van der Waals surface area contributed by atoms with E-state index in [9.17, 15) is 8.78 Å². The Balaban J connectivity index is 0.00000162. The SMILES string of the molecule is Cl.Nc1ccc(N2CCN(CCF)CC2)c(F)c1. The van der Waals surface area contributed by atoms with Crippen LogP contribution in [-0.2, 0) is 0 Å². The molecule has 2 rings (SSSR count). The van der Waals surface area contributed by atoms with Crippen LogP contribution in [0.4, 0.5) is 20.2 Å². The van der Waals surface area contributed by atoms with Gasteiger partial charge in [0, 0.05) is 38.4 Å². The van der Waals surface area contributed by atoms with Gasteiger partial charge in [-0.25, -0.2) is 8.78 Å². The van der Waals surface area contributed by atoms with Crippen LogP contribution in [0, 0.1) is 5.82 Å². The van der Waals surface area contributed by atoms with E-state index in [0.29, 0.717) is 17.9 Å². The molecule has 1 saturated heterocycles. The lowest BCUT2D eigenvalue weighted by Gasteiger charge is -2.35. The fourth-order valence-electron chi connectivity index (χ4n) is 2.11. The summed E-state index contributed by atoms with van der Waals surface area (Å²) in [5, 5.41) is 0. The van der Waals surface area contributed by atoms with Gasteiger partial charge in [-0.2, -0.15) is 0 Å². The van der Waals surface area contributed by atoms with Crippen molar-refractivity contribution in [2.24, 2.45) is 0 Å². The molecule has 0 spiro atoms. The summed E-state index contributed by atoms with van der Waals surface area (Å²) in [5.41, 5.74) is 6.53. The van der Waals surface area contributed by atoms with Gasteiger partial charge in [-0.1, -0.05) is 0 Å². The second kappa shape index (κ2) is 6.75. The number of alkyl halides is 1. The van der Waals surface area contributed by atoms with Gasteiger partial charge in [-0.05, 0) is 18.2 Å². The van der Waals surface area contributed by atoms with Crippen LogP contribution in [0.3, 0.4) is 0 Å². The Hall–Kier alpha value is -1.07. The lowest BCUT2D eigenvalue weighted by molar-refractivity contribution is 0.235. The highest BCUT2D eigenvalue weighted by Crippen LogP contribution is 2.22. The third-order valence-electron chi connectivity index (χ3n) is 3.09. The zero-order valence-corrected chi connectivity index (χ0v) is 10.9. The van der Waals surface area contributed by atoms with E-state index in [4.69, 9.17) is 5.73 Å². The van der Waals surface area contributed by atoms with Crippen molar-refractivity contribution in [3.63, 3.8) is 0 Å². The fraction of sp³-hybridized carbons (Fsp3) is 0.500. The Morgan fingerprint density at radius 2 is 1.83 bits per heavy atom. The van der Waals surface area contributed by atoms with Crippen molar-refractivity contribution in [3.8, 4) is 0 Å². The molecule has 102 valence electrons. The molecule has 0 saturated carbocycles. The minimum Gasteiger partial charge on any atom is -0.399 e. The molecule has 1 fully saturated rings. The van der Waals surface area contributed by atoms with Crippen molar-refractivity contribution < 1.29 is 8.78 Å². The van der Waals surface area contributed by atoms with E-state index in [1.54, 1.807) is 12.1 Å². The van der Waals surface area contributed by atoms with E-state index in [1.807, 2.05) is 9.80 Å². The minimum atomic E-state index is -0.323. The lowest BCUT2D eigenvalue weighted by Crippen LogP contribution is -2.47. The number of nitrogen functional groups attached to an aromatic ring is 1. The van der Waals surface area contributed by atoms with Crippen molar-refractivity contribution in [2.75, 3.05) is 50.0 Å². The standard InChI is InChI=1S/C12H17F2N3.ClH/c13-3-4-16-5-7-17(8-6-16)12-2-1-10(15)9-11(12)14;/h1-2,9H,3-8,15H2;1H. The van der Waals surface area contributed by atoms with Gasteiger partial charge in [0.25, 0.3) is 0 Å². The molecule has 18 heavy (non-hydrogen) atoms. The van der Waals surface area contributed by atoms with Crippen molar-refractivity contribution in [3.05, 3.63) is 24.0 Å². The van der Waals surface area contributed by atoms with Crippen LogP contribution in [0.15, 0.2) is 18.2 Å². The van der Waals surface area contributed by atoms with Gasteiger partial charge in [0.1, 0.15) is 12.5 Å². The summed E-state index contributed by atoms with van der Waals surface area (Å²) >= 11 is 0. The Labute approximate surface area is 112 Å². The first-order valence-corrected chi connectivity index (χ1v) is 5.79. The average molecular weight is 278 g/mol. The van der Waals surface area contributed by atoms with E-state index in [1.165, 1.54) is 6.07 Å². The second-order valence-corrected chi connectivity index (χ2v) is 4.23. The third kappa shape index (κ3) is 3.46. The molecule has 1 heterocycles. The maximum absolute atomic E-state index is 13.7. The molecule has 1 aliphatic heterocycles. The monoisotopic (exact) mass is 277 g/mol. The van der Waals surface area contributed by atoms with Crippen LogP contribution in [0.1, 0.15) is 0 Å². The number of nitrogens with zero attached hydrogens (tertiary/aromatic N) is 2. The molecule has 1 aromatic carbocycles. The zero-order valence-electron chi connectivity index (χ0n) is 10.1. The fourth-order valence-corrected chi connectivity index (χ4v) is 2.11. The normalized spacial score (nSPS) is 16.4. The lowest BCUT2D eigenvalue weighted by atomic mass is 10.2. The van der Waals surface area contributed by atoms with Gasteiger partial charge in [-0.15, -0.1) is 12.4 Å². The van der Waals surface area contributed by atoms with Gasteiger partial charge in [0.05, 0.1) is 5.69 Å². The van der Waals surface area contributed by atoms with Crippen molar-refractivity contribution in [1.29, 1.82) is 0 Å². The molecule has 1 aromatic rings. The molecule has 2 N–H and O–H groups in total. The van der Waals surface area contributed by atoms with Crippen LogP contribution in [0.25, 0.3) is 0 Å². The second-order valence-electron chi connectivity index (χ2n) is 4.23. The number of rotatable bonds is 3. The first-order valence-electron chi connectivity index (χ1n) is 5.79. The molecule has 0 unspecified atom stereocenters. The summed E-state index contributed by atoms with van der Waals surface area (Å²) in [5.74, 6) is -0.288. The Morgan fingerprint density at radius 3 is 2.39 bits per heavy atom. The summed E-state index contributed by atoms with van der Waals surface area (Å²) in [6, 6.07) is 4.74. The minimum absolute atomic E-state index is 0. The molecule has 0 bridgehead atoms. The quantitative estimate of drug-likeness (QED) is 0.857. The number of hydrogen-bond acceptors (Lipinski definition) is 3. The highest BCUT2D eigenvalue weighted by atomic mass is 35.5. The first-order chi connectivity index (χ1) is 8.20. The first kappa shape index (κ1) is 15.0. The van der Waals surface area contributed by atoms with Gasteiger partial charge >= 0.3 is 0 Å². The van der Waals surface area contributed by atoms with E-state index in [0.717, 1.165) is 26.2 Å². The largest absolute Gasteiger partial charge is 0.399 e. The Bertz CT molecular complexity index is 382. The molecule has 0 aliphatic carbocycles. The average Bonchev–Trinajstić information content (AvgIpc) is 2.31. The number of hydrogen-bond donors (Lipinski definition) is 1. The zero-order chi connectivity index (χ0) is 12.3. The molecular weight excluding hydrogens is 260 g/mol. The van der Waals surface area contributed by atoms with E-state index >= 15 is 0 Å². The van der Waals surface area contributed by atoms with E-state index in [-0.39, 0.29) is 24.9 Å². The molecule has 3 nitrogen and oxygen atoms in total. The van der Waals surface area contributed by atoms with Crippen molar-refractivity contribution >= 4 is 23.8 Å². The van der Waals surface area contributed by atoms with Gasteiger partial charge in [-0.3, -0.25) is 4.90 Å². The summed E-state index contributed by atoms with van der Waals surface area (Å²) in [4.78, 5) is 4.02. The van der Waals surface area contributed by atoms with E-state index < -0.39 is 0 Å². The maximum atomic E-state index is 13.7. The Morgan fingerprint density at radius 1 is 1.17 bits per heavy atom. The molecule has 0 atom stereocenters. The van der Waals surface area contributed by atoms with Crippen LogP contribution in [0.2, 0.25) is 0 Å². The highest BCUT2D eigenvalue weighted by Gasteiger charge is 2.18. The van der Waals surface area contributed by atoms with Gasteiger partial charge in [0.15, 0.2) is 0 Å².